The van der Waals surface area contributed by atoms with Gasteiger partial charge in [0.15, 0.2) is 0 Å². The number of hydrogen-bond donors (Lipinski definition) is 0. The molecule has 1 aromatic heterocycles. The van der Waals surface area contributed by atoms with Gasteiger partial charge in [0.2, 0.25) is 0 Å². The summed E-state index contributed by atoms with van der Waals surface area (Å²) in [4.78, 5) is 4.00. The molecule has 2 nitrogen and oxygen atoms in total. The molecular weight excluding hydrogens is 310 g/mol. The summed E-state index contributed by atoms with van der Waals surface area (Å²) in [7, 11) is 1.64. The number of pyridine rings is 1. The van der Waals surface area contributed by atoms with Crippen molar-refractivity contribution in [3.63, 3.8) is 0 Å². The molecule has 0 N–H and O–H groups in total. The number of aromatic nitrogens is 1. The van der Waals surface area contributed by atoms with Crippen molar-refractivity contribution in [1.29, 1.82) is 0 Å². The SMILES string of the molecule is COc1cc(C)[c-]nc1C.[W]. The number of methoxy groups -OCH3 is 1. The van der Waals surface area contributed by atoms with E-state index >= 15 is 0 Å². The van der Waals surface area contributed by atoms with Crippen molar-refractivity contribution in [2.75, 3.05) is 7.11 Å². The summed E-state index contributed by atoms with van der Waals surface area (Å²) >= 11 is 0. The molecular formula is C8H10NOW-. The van der Waals surface area contributed by atoms with E-state index in [1.54, 1.807) is 7.11 Å². The number of hydrogen-bond acceptors (Lipinski definition) is 2. The fourth-order valence-electron chi connectivity index (χ4n) is 0.767. The number of aryl methyl sites for hydroxylation is 2. The number of rotatable bonds is 1. The van der Waals surface area contributed by atoms with Gasteiger partial charge in [-0.3, -0.25) is 0 Å². The molecule has 1 aromatic rings. The summed E-state index contributed by atoms with van der Waals surface area (Å²) in [6, 6.07) is 1.92. The van der Waals surface area contributed by atoms with E-state index in [4.69, 9.17) is 4.74 Å². The molecule has 0 spiro atoms. The van der Waals surface area contributed by atoms with Crippen LogP contribution in [-0.2, 0) is 21.1 Å². The summed E-state index contributed by atoms with van der Waals surface area (Å²) in [5.74, 6) is 0.830. The summed E-state index contributed by atoms with van der Waals surface area (Å²) in [5, 5.41) is 0. The van der Waals surface area contributed by atoms with Gasteiger partial charge < -0.3 is 9.72 Å². The Kier molecular flexibility index (Phi) is 4.35. The van der Waals surface area contributed by atoms with E-state index in [1.807, 2.05) is 19.9 Å². The van der Waals surface area contributed by atoms with Gasteiger partial charge in [0.1, 0.15) is 0 Å². The van der Waals surface area contributed by atoms with Gasteiger partial charge in [-0.05, 0) is 5.69 Å². The maximum Gasteiger partial charge on any atom is 0.0744 e. The van der Waals surface area contributed by atoms with Crippen LogP contribution in [0.15, 0.2) is 6.07 Å². The van der Waals surface area contributed by atoms with Gasteiger partial charge in [0.25, 0.3) is 0 Å². The van der Waals surface area contributed by atoms with E-state index < -0.39 is 0 Å². The largest absolute Gasteiger partial charge is 0.520 e. The molecule has 0 aliphatic carbocycles. The van der Waals surface area contributed by atoms with Crippen LogP contribution in [0.4, 0.5) is 0 Å². The number of nitrogens with zero attached hydrogens (tertiary/aromatic N) is 1. The Bertz CT molecular complexity index is 238. The van der Waals surface area contributed by atoms with Gasteiger partial charge in [-0.2, -0.15) is 0 Å². The second-order valence-electron chi connectivity index (χ2n) is 2.20. The Balaban J connectivity index is 0.000001000. The van der Waals surface area contributed by atoms with Crippen molar-refractivity contribution < 1.29 is 25.8 Å². The van der Waals surface area contributed by atoms with Crippen LogP contribution < -0.4 is 4.74 Å². The molecule has 1 heterocycles. The first-order chi connectivity index (χ1) is 4.74. The molecule has 1 rings (SSSR count). The minimum atomic E-state index is 0. The van der Waals surface area contributed by atoms with E-state index in [9.17, 15) is 0 Å². The summed E-state index contributed by atoms with van der Waals surface area (Å²) in [6.07, 6.45) is 2.84. The van der Waals surface area contributed by atoms with Crippen LogP contribution in [-0.4, -0.2) is 12.1 Å². The zero-order valence-electron chi connectivity index (χ0n) is 6.84. The zero-order valence-corrected chi connectivity index (χ0v) is 9.77. The van der Waals surface area contributed by atoms with Crippen molar-refractivity contribution in [3.05, 3.63) is 23.5 Å². The van der Waals surface area contributed by atoms with Gasteiger partial charge in [0.05, 0.1) is 7.11 Å². The molecule has 60 valence electrons. The first-order valence-corrected chi connectivity index (χ1v) is 3.14. The maximum atomic E-state index is 5.04. The van der Waals surface area contributed by atoms with E-state index in [2.05, 4.69) is 11.2 Å². The topological polar surface area (TPSA) is 22.1 Å². The molecule has 0 saturated heterocycles. The van der Waals surface area contributed by atoms with Crippen molar-refractivity contribution in [2.24, 2.45) is 0 Å². The van der Waals surface area contributed by atoms with Crippen molar-refractivity contribution in [2.45, 2.75) is 13.8 Å². The summed E-state index contributed by atoms with van der Waals surface area (Å²) in [6.45, 7) is 3.84. The molecule has 0 amide bonds. The average Bonchev–Trinajstić information content (AvgIpc) is 1.94. The predicted molar refractivity (Wildman–Crippen MR) is 39.1 cm³/mol. The molecule has 0 aliphatic heterocycles. The van der Waals surface area contributed by atoms with Crippen LogP contribution in [0.2, 0.25) is 0 Å². The van der Waals surface area contributed by atoms with Crippen LogP contribution >= 0.6 is 0 Å². The van der Waals surface area contributed by atoms with Crippen molar-refractivity contribution in [1.82, 2.24) is 4.98 Å². The molecule has 0 radical (unpaired) electrons. The van der Waals surface area contributed by atoms with E-state index in [1.165, 1.54) is 0 Å². The normalized spacial score (nSPS) is 8.64. The van der Waals surface area contributed by atoms with Gasteiger partial charge in [0, 0.05) is 26.8 Å². The van der Waals surface area contributed by atoms with Crippen LogP contribution in [0.5, 0.6) is 5.75 Å². The van der Waals surface area contributed by atoms with Gasteiger partial charge in [-0.25, -0.2) is 0 Å². The average molecular weight is 320 g/mol. The predicted octanol–water partition coefficient (Wildman–Crippen LogP) is 1.50. The van der Waals surface area contributed by atoms with Crippen LogP contribution in [0.3, 0.4) is 0 Å². The molecule has 0 aromatic carbocycles. The Morgan fingerprint density at radius 1 is 1.45 bits per heavy atom. The monoisotopic (exact) mass is 320 g/mol. The standard InChI is InChI=1S/C8H10NO.W/c1-6-4-8(10-3)7(2)9-5-6;/h4H,1-3H3;/q-1;. The Morgan fingerprint density at radius 2 is 2.09 bits per heavy atom. The minimum Gasteiger partial charge on any atom is -0.520 e. The van der Waals surface area contributed by atoms with E-state index in [0.29, 0.717) is 0 Å². The second kappa shape index (κ2) is 4.50. The molecule has 0 atom stereocenters. The molecule has 0 saturated carbocycles. The minimum absolute atomic E-state index is 0. The zero-order chi connectivity index (χ0) is 7.56. The molecule has 3 heteroatoms. The first kappa shape index (κ1) is 10.6. The second-order valence-corrected chi connectivity index (χ2v) is 2.20. The fraction of sp³-hybridized carbons (Fsp3) is 0.375. The maximum absolute atomic E-state index is 5.04. The van der Waals surface area contributed by atoms with Crippen LogP contribution in [0.25, 0.3) is 0 Å². The van der Waals surface area contributed by atoms with E-state index in [-0.39, 0.29) is 21.1 Å². The first-order valence-electron chi connectivity index (χ1n) is 3.14. The Hall–Kier alpha value is -0.362. The Labute approximate surface area is 81.2 Å². The molecule has 0 unspecified atom stereocenters. The summed E-state index contributed by atoms with van der Waals surface area (Å²) < 4.78 is 5.04. The van der Waals surface area contributed by atoms with Crippen molar-refractivity contribution in [3.8, 4) is 5.75 Å². The number of ether oxygens (including phenoxy) is 1. The molecule has 0 aliphatic rings. The van der Waals surface area contributed by atoms with E-state index in [0.717, 1.165) is 17.0 Å². The quantitative estimate of drug-likeness (QED) is 0.732. The van der Waals surface area contributed by atoms with Gasteiger partial charge in [-0.15, -0.1) is 11.6 Å². The van der Waals surface area contributed by atoms with Crippen molar-refractivity contribution >= 4 is 0 Å². The third-order valence-electron chi connectivity index (χ3n) is 1.32. The summed E-state index contributed by atoms with van der Waals surface area (Å²) in [5.41, 5.74) is 1.88. The fourth-order valence-corrected chi connectivity index (χ4v) is 0.767. The third kappa shape index (κ3) is 2.62. The molecule has 0 bridgehead atoms. The molecule has 0 fully saturated rings. The third-order valence-corrected chi connectivity index (χ3v) is 1.32. The van der Waals surface area contributed by atoms with Gasteiger partial charge in [-0.1, -0.05) is 20.0 Å². The van der Waals surface area contributed by atoms with Gasteiger partial charge >= 0.3 is 0 Å². The smallest absolute Gasteiger partial charge is 0.0744 e. The van der Waals surface area contributed by atoms with Crippen LogP contribution in [0, 0.1) is 20.0 Å². The molecule has 11 heavy (non-hydrogen) atoms. The van der Waals surface area contributed by atoms with Crippen LogP contribution in [0.1, 0.15) is 11.3 Å². The Morgan fingerprint density at radius 3 is 2.55 bits per heavy atom.